The molecule has 0 aromatic carbocycles. The van der Waals surface area contributed by atoms with Crippen molar-refractivity contribution in [3.05, 3.63) is 29.4 Å². The third kappa shape index (κ3) is 1.94. The Morgan fingerprint density at radius 2 is 2.19 bits per heavy atom. The van der Waals surface area contributed by atoms with Gasteiger partial charge in [0, 0.05) is 17.8 Å². The van der Waals surface area contributed by atoms with Crippen LogP contribution in [-0.4, -0.2) is 21.1 Å². The van der Waals surface area contributed by atoms with Gasteiger partial charge in [-0.2, -0.15) is 11.3 Å². The van der Waals surface area contributed by atoms with E-state index in [1.807, 2.05) is 0 Å². The number of nitrogen functional groups attached to an aromatic ring is 1. The van der Waals surface area contributed by atoms with E-state index in [9.17, 15) is 0 Å². The third-order valence-corrected chi connectivity index (χ3v) is 5.09. The summed E-state index contributed by atoms with van der Waals surface area (Å²) in [6.45, 7) is 0.768. The monoisotopic (exact) mass is 299 g/mol. The molecule has 21 heavy (non-hydrogen) atoms. The lowest BCUT2D eigenvalue weighted by Gasteiger charge is -2.35. The minimum Gasteiger partial charge on any atom is -0.383 e. The van der Waals surface area contributed by atoms with Crippen LogP contribution in [0.1, 0.15) is 18.9 Å². The molecule has 3 aromatic rings. The standard InChI is InChI=1S/C15H17N5S/c16-5-9-3-11(4-9)20-6-12(10-1-2-21-7-10)13-14(17)18-8-19-15(13)20/h1-2,6-9,11H,3-5,16H2,(H2,17,18,19). The zero-order valence-electron chi connectivity index (χ0n) is 11.6. The molecule has 0 spiro atoms. The fourth-order valence-corrected chi connectivity index (χ4v) is 3.80. The second-order valence-electron chi connectivity index (χ2n) is 5.65. The van der Waals surface area contributed by atoms with Gasteiger partial charge in [0.15, 0.2) is 0 Å². The lowest BCUT2D eigenvalue weighted by Crippen LogP contribution is -2.31. The van der Waals surface area contributed by atoms with Crippen LogP contribution >= 0.6 is 11.3 Å². The Morgan fingerprint density at radius 1 is 1.33 bits per heavy atom. The maximum absolute atomic E-state index is 6.11. The summed E-state index contributed by atoms with van der Waals surface area (Å²) in [5.74, 6) is 1.19. The van der Waals surface area contributed by atoms with Crippen LogP contribution in [-0.2, 0) is 0 Å². The zero-order valence-corrected chi connectivity index (χ0v) is 12.4. The van der Waals surface area contributed by atoms with Gasteiger partial charge in [0.05, 0.1) is 5.39 Å². The van der Waals surface area contributed by atoms with E-state index in [0.29, 0.717) is 17.8 Å². The molecule has 1 saturated carbocycles. The number of hydrogen-bond donors (Lipinski definition) is 2. The highest BCUT2D eigenvalue weighted by molar-refractivity contribution is 7.08. The summed E-state index contributed by atoms with van der Waals surface area (Å²) in [6.07, 6.45) is 5.96. The van der Waals surface area contributed by atoms with E-state index >= 15 is 0 Å². The van der Waals surface area contributed by atoms with Crippen molar-refractivity contribution in [3.63, 3.8) is 0 Å². The summed E-state index contributed by atoms with van der Waals surface area (Å²) < 4.78 is 2.26. The van der Waals surface area contributed by atoms with Gasteiger partial charge in [-0.1, -0.05) is 0 Å². The smallest absolute Gasteiger partial charge is 0.146 e. The molecule has 0 radical (unpaired) electrons. The van der Waals surface area contributed by atoms with Gasteiger partial charge in [0.2, 0.25) is 0 Å². The Bertz CT molecular complexity index is 771. The van der Waals surface area contributed by atoms with Gasteiger partial charge < -0.3 is 16.0 Å². The number of nitrogens with zero attached hydrogens (tertiary/aromatic N) is 3. The zero-order chi connectivity index (χ0) is 14.4. The van der Waals surface area contributed by atoms with Crippen molar-refractivity contribution in [3.8, 4) is 11.1 Å². The molecule has 108 valence electrons. The first-order chi connectivity index (χ1) is 10.3. The number of hydrogen-bond acceptors (Lipinski definition) is 5. The normalized spacial score (nSPS) is 21.6. The average molecular weight is 299 g/mol. The molecule has 0 bridgehead atoms. The van der Waals surface area contributed by atoms with Crippen LogP contribution in [0.3, 0.4) is 0 Å². The van der Waals surface area contributed by atoms with E-state index in [1.165, 1.54) is 5.56 Å². The summed E-state index contributed by atoms with van der Waals surface area (Å²) in [4.78, 5) is 8.63. The first-order valence-electron chi connectivity index (χ1n) is 7.11. The second kappa shape index (κ2) is 4.82. The quantitative estimate of drug-likeness (QED) is 0.779. The Balaban J connectivity index is 1.87. The third-order valence-electron chi connectivity index (χ3n) is 4.41. The lowest BCUT2D eigenvalue weighted by molar-refractivity contribution is 0.209. The van der Waals surface area contributed by atoms with Crippen molar-refractivity contribution in [2.75, 3.05) is 12.3 Å². The molecule has 1 aliphatic rings. The van der Waals surface area contributed by atoms with E-state index in [4.69, 9.17) is 11.5 Å². The number of rotatable bonds is 3. The maximum atomic E-state index is 6.11. The van der Waals surface area contributed by atoms with Crippen LogP contribution in [0.4, 0.5) is 5.82 Å². The predicted octanol–water partition coefficient (Wildman–Crippen LogP) is 2.65. The van der Waals surface area contributed by atoms with E-state index < -0.39 is 0 Å². The Kier molecular flexibility index (Phi) is 2.94. The molecule has 3 heterocycles. The molecule has 1 fully saturated rings. The molecule has 1 aliphatic carbocycles. The molecule has 3 aromatic heterocycles. The van der Waals surface area contributed by atoms with Gasteiger partial charge in [0.25, 0.3) is 0 Å². The molecule has 4 N–H and O–H groups in total. The summed E-state index contributed by atoms with van der Waals surface area (Å²) in [6, 6.07) is 2.59. The first kappa shape index (κ1) is 12.8. The van der Waals surface area contributed by atoms with Gasteiger partial charge in [-0.3, -0.25) is 0 Å². The minimum atomic E-state index is 0.475. The van der Waals surface area contributed by atoms with E-state index in [1.54, 1.807) is 17.7 Å². The topological polar surface area (TPSA) is 82.8 Å². The fourth-order valence-electron chi connectivity index (χ4n) is 3.14. The summed E-state index contributed by atoms with van der Waals surface area (Å²) in [5.41, 5.74) is 15.1. The van der Waals surface area contributed by atoms with Crippen LogP contribution in [0.15, 0.2) is 29.4 Å². The SMILES string of the molecule is NCC1CC(n2cc(-c3ccsc3)c3c(N)ncnc32)C1. The summed E-state index contributed by atoms with van der Waals surface area (Å²) in [5, 5.41) is 5.17. The molecule has 0 amide bonds. The maximum Gasteiger partial charge on any atom is 0.146 e. The van der Waals surface area contributed by atoms with Crippen molar-refractivity contribution >= 4 is 28.2 Å². The van der Waals surface area contributed by atoms with Gasteiger partial charge in [0.1, 0.15) is 17.8 Å². The number of nitrogens with two attached hydrogens (primary N) is 2. The molecule has 0 unspecified atom stereocenters. The molecule has 6 heteroatoms. The number of anilines is 1. The molecular weight excluding hydrogens is 282 g/mol. The van der Waals surface area contributed by atoms with Crippen LogP contribution in [0.2, 0.25) is 0 Å². The highest BCUT2D eigenvalue weighted by Gasteiger charge is 2.31. The van der Waals surface area contributed by atoms with Crippen LogP contribution in [0, 0.1) is 5.92 Å². The Hall–Kier alpha value is -1.92. The van der Waals surface area contributed by atoms with Crippen molar-refractivity contribution in [2.45, 2.75) is 18.9 Å². The minimum absolute atomic E-state index is 0.475. The van der Waals surface area contributed by atoms with Crippen LogP contribution < -0.4 is 11.5 Å². The second-order valence-corrected chi connectivity index (χ2v) is 6.43. The van der Waals surface area contributed by atoms with Crippen LogP contribution in [0.25, 0.3) is 22.2 Å². The van der Waals surface area contributed by atoms with Crippen molar-refractivity contribution in [1.29, 1.82) is 0 Å². The number of thiophene rings is 1. The lowest BCUT2D eigenvalue weighted by atomic mass is 9.80. The van der Waals surface area contributed by atoms with Gasteiger partial charge in [-0.05, 0) is 47.7 Å². The van der Waals surface area contributed by atoms with E-state index in [0.717, 1.165) is 36.0 Å². The molecule has 0 saturated heterocycles. The number of aromatic nitrogens is 3. The highest BCUT2D eigenvalue weighted by atomic mass is 32.1. The first-order valence-corrected chi connectivity index (χ1v) is 8.06. The number of fused-ring (bicyclic) bond motifs is 1. The fraction of sp³-hybridized carbons (Fsp3) is 0.333. The van der Waals surface area contributed by atoms with Gasteiger partial charge >= 0.3 is 0 Å². The van der Waals surface area contributed by atoms with E-state index in [2.05, 4.69) is 37.6 Å². The summed E-state index contributed by atoms with van der Waals surface area (Å²) >= 11 is 1.68. The van der Waals surface area contributed by atoms with Crippen molar-refractivity contribution < 1.29 is 0 Å². The molecule has 4 rings (SSSR count). The van der Waals surface area contributed by atoms with Crippen molar-refractivity contribution in [2.24, 2.45) is 11.7 Å². The van der Waals surface area contributed by atoms with Crippen molar-refractivity contribution in [1.82, 2.24) is 14.5 Å². The van der Waals surface area contributed by atoms with Gasteiger partial charge in [-0.15, -0.1) is 0 Å². The summed E-state index contributed by atoms with van der Waals surface area (Å²) in [7, 11) is 0. The van der Waals surface area contributed by atoms with Crippen LogP contribution in [0.5, 0.6) is 0 Å². The largest absolute Gasteiger partial charge is 0.383 e. The Morgan fingerprint density at radius 3 is 2.90 bits per heavy atom. The Labute approximate surface area is 126 Å². The highest BCUT2D eigenvalue weighted by Crippen LogP contribution is 2.42. The van der Waals surface area contributed by atoms with Gasteiger partial charge in [-0.25, -0.2) is 9.97 Å². The molecule has 0 atom stereocenters. The molecular formula is C15H17N5S. The molecule has 0 aliphatic heterocycles. The predicted molar refractivity (Wildman–Crippen MR) is 86.1 cm³/mol. The molecule has 5 nitrogen and oxygen atoms in total. The average Bonchev–Trinajstić information content (AvgIpc) is 3.06. The van der Waals surface area contributed by atoms with E-state index in [-0.39, 0.29) is 0 Å².